The normalized spacial score (nSPS) is 17.4. The van der Waals surface area contributed by atoms with Gasteiger partial charge in [0.1, 0.15) is 0 Å². The SMILES string of the molecule is CC(N)COCCCOC(C)CC(C)N. The van der Waals surface area contributed by atoms with Gasteiger partial charge in [-0.25, -0.2) is 0 Å². The molecular formula is C11H26N2O2. The van der Waals surface area contributed by atoms with Gasteiger partial charge < -0.3 is 20.9 Å². The highest BCUT2D eigenvalue weighted by molar-refractivity contribution is 4.59. The Kier molecular flexibility index (Phi) is 9.00. The molecule has 4 heteroatoms. The fraction of sp³-hybridized carbons (Fsp3) is 1.00. The Labute approximate surface area is 93.3 Å². The number of rotatable bonds is 9. The lowest BCUT2D eigenvalue weighted by atomic mass is 10.2. The summed E-state index contributed by atoms with van der Waals surface area (Å²) in [6.45, 7) is 8.04. The van der Waals surface area contributed by atoms with Crippen molar-refractivity contribution in [3.63, 3.8) is 0 Å². The molecule has 0 radical (unpaired) electrons. The lowest BCUT2D eigenvalue weighted by Gasteiger charge is -2.15. The van der Waals surface area contributed by atoms with E-state index in [4.69, 9.17) is 20.9 Å². The van der Waals surface area contributed by atoms with Crippen LogP contribution >= 0.6 is 0 Å². The van der Waals surface area contributed by atoms with Crippen molar-refractivity contribution < 1.29 is 9.47 Å². The smallest absolute Gasteiger partial charge is 0.0614 e. The number of hydrogen-bond acceptors (Lipinski definition) is 4. The van der Waals surface area contributed by atoms with Crippen LogP contribution in [0.3, 0.4) is 0 Å². The molecule has 0 bridgehead atoms. The van der Waals surface area contributed by atoms with Gasteiger partial charge >= 0.3 is 0 Å². The fourth-order valence-electron chi connectivity index (χ4n) is 1.31. The van der Waals surface area contributed by atoms with E-state index < -0.39 is 0 Å². The molecule has 0 aliphatic carbocycles. The predicted molar refractivity (Wildman–Crippen MR) is 62.8 cm³/mol. The molecule has 0 aromatic heterocycles. The lowest BCUT2D eigenvalue weighted by Crippen LogP contribution is -2.24. The standard InChI is InChI=1S/C11H26N2O2/c1-9(12)7-11(3)15-6-4-5-14-8-10(2)13/h9-11H,4-8,12-13H2,1-3H3. The highest BCUT2D eigenvalue weighted by Gasteiger charge is 2.04. The summed E-state index contributed by atoms with van der Waals surface area (Å²) >= 11 is 0. The Morgan fingerprint density at radius 1 is 1.00 bits per heavy atom. The first-order chi connectivity index (χ1) is 7.02. The summed E-state index contributed by atoms with van der Waals surface area (Å²) in [5, 5.41) is 0. The lowest BCUT2D eigenvalue weighted by molar-refractivity contribution is 0.0347. The molecule has 3 atom stereocenters. The van der Waals surface area contributed by atoms with Crippen LogP contribution in [-0.4, -0.2) is 38.0 Å². The van der Waals surface area contributed by atoms with Crippen LogP contribution in [0.1, 0.15) is 33.6 Å². The second-order valence-corrected chi connectivity index (χ2v) is 4.30. The quantitative estimate of drug-likeness (QED) is 0.564. The molecule has 0 fully saturated rings. The van der Waals surface area contributed by atoms with Crippen molar-refractivity contribution in [2.45, 2.75) is 51.8 Å². The zero-order valence-electron chi connectivity index (χ0n) is 10.2. The summed E-state index contributed by atoms with van der Waals surface area (Å²) in [4.78, 5) is 0. The van der Waals surface area contributed by atoms with E-state index in [0.29, 0.717) is 13.2 Å². The topological polar surface area (TPSA) is 70.5 Å². The van der Waals surface area contributed by atoms with Gasteiger partial charge in [0.15, 0.2) is 0 Å². The summed E-state index contributed by atoms with van der Waals surface area (Å²) in [5.74, 6) is 0. The number of ether oxygens (including phenoxy) is 2. The molecule has 3 unspecified atom stereocenters. The minimum atomic E-state index is 0.114. The van der Waals surface area contributed by atoms with Gasteiger partial charge in [0, 0.05) is 25.3 Å². The Hall–Kier alpha value is -0.160. The first-order valence-corrected chi connectivity index (χ1v) is 5.73. The van der Waals surface area contributed by atoms with E-state index in [-0.39, 0.29) is 18.2 Å². The maximum Gasteiger partial charge on any atom is 0.0614 e. The van der Waals surface area contributed by atoms with Crippen LogP contribution in [0.25, 0.3) is 0 Å². The molecule has 15 heavy (non-hydrogen) atoms. The molecule has 0 saturated carbocycles. The van der Waals surface area contributed by atoms with Gasteiger partial charge in [-0.1, -0.05) is 0 Å². The van der Waals surface area contributed by atoms with E-state index in [2.05, 4.69) is 0 Å². The molecule has 0 amide bonds. The van der Waals surface area contributed by atoms with Gasteiger partial charge in [-0.3, -0.25) is 0 Å². The van der Waals surface area contributed by atoms with Gasteiger partial charge in [0.25, 0.3) is 0 Å². The van der Waals surface area contributed by atoms with E-state index in [1.54, 1.807) is 0 Å². The van der Waals surface area contributed by atoms with E-state index >= 15 is 0 Å². The van der Waals surface area contributed by atoms with E-state index in [0.717, 1.165) is 19.4 Å². The van der Waals surface area contributed by atoms with Crippen LogP contribution in [0, 0.1) is 0 Å². The average Bonchev–Trinajstić information content (AvgIpc) is 2.09. The highest BCUT2D eigenvalue weighted by atomic mass is 16.5. The zero-order chi connectivity index (χ0) is 11.7. The van der Waals surface area contributed by atoms with Crippen molar-refractivity contribution in [1.82, 2.24) is 0 Å². The van der Waals surface area contributed by atoms with E-state index in [9.17, 15) is 0 Å². The van der Waals surface area contributed by atoms with Gasteiger partial charge in [-0.05, 0) is 33.6 Å². The Balaban J connectivity index is 3.16. The molecule has 4 N–H and O–H groups in total. The average molecular weight is 218 g/mol. The third-order valence-corrected chi connectivity index (χ3v) is 1.92. The maximum absolute atomic E-state index is 5.66. The first kappa shape index (κ1) is 14.8. The van der Waals surface area contributed by atoms with Crippen LogP contribution in [0.15, 0.2) is 0 Å². The van der Waals surface area contributed by atoms with Gasteiger partial charge in [0.05, 0.1) is 12.7 Å². The van der Waals surface area contributed by atoms with Crippen LogP contribution in [0.5, 0.6) is 0 Å². The number of hydrogen-bond donors (Lipinski definition) is 2. The van der Waals surface area contributed by atoms with Gasteiger partial charge in [-0.2, -0.15) is 0 Å². The van der Waals surface area contributed by atoms with Crippen LogP contribution in [0.4, 0.5) is 0 Å². The fourth-order valence-corrected chi connectivity index (χ4v) is 1.31. The summed E-state index contributed by atoms with van der Waals surface area (Å²) < 4.78 is 10.9. The molecule has 4 nitrogen and oxygen atoms in total. The molecule has 0 rings (SSSR count). The summed E-state index contributed by atoms with van der Waals surface area (Å²) in [6, 6.07) is 0.317. The number of nitrogens with two attached hydrogens (primary N) is 2. The Bertz CT molecular complexity index is 141. The monoisotopic (exact) mass is 218 g/mol. The molecular weight excluding hydrogens is 192 g/mol. The minimum Gasteiger partial charge on any atom is -0.380 e. The van der Waals surface area contributed by atoms with Crippen molar-refractivity contribution in [3.05, 3.63) is 0 Å². The summed E-state index contributed by atoms with van der Waals surface area (Å²) in [6.07, 6.45) is 2.05. The predicted octanol–water partition coefficient (Wildman–Crippen LogP) is 0.883. The van der Waals surface area contributed by atoms with Gasteiger partial charge in [-0.15, -0.1) is 0 Å². The first-order valence-electron chi connectivity index (χ1n) is 5.73. The highest BCUT2D eigenvalue weighted by Crippen LogP contribution is 2.00. The zero-order valence-corrected chi connectivity index (χ0v) is 10.2. The van der Waals surface area contributed by atoms with Crippen molar-refractivity contribution in [1.29, 1.82) is 0 Å². The third-order valence-electron chi connectivity index (χ3n) is 1.92. The second kappa shape index (κ2) is 9.09. The minimum absolute atomic E-state index is 0.114. The van der Waals surface area contributed by atoms with Crippen molar-refractivity contribution in [3.8, 4) is 0 Å². The maximum atomic E-state index is 5.66. The largest absolute Gasteiger partial charge is 0.380 e. The Morgan fingerprint density at radius 2 is 1.67 bits per heavy atom. The van der Waals surface area contributed by atoms with Crippen molar-refractivity contribution in [2.24, 2.45) is 11.5 Å². The van der Waals surface area contributed by atoms with Gasteiger partial charge in [0.2, 0.25) is 0 Å². The molecule has 92 valence electrons. The van der Waals surface area contributed by atoms with E-state index in [1.807, 2.05) is 20.8 Å². The summed E-state index contributed by atoms with van der Waals surface area (Å²) in [5.41, 5.74) is 11.2. The molecule has 0 aliphatic heterocycles. The third kappa shape index (κ3) is 11.8. The van der Waals surface area contributed by atoms with Crippen LogP contribution in [0.2, 0.25) is 0 Å². The molecule has 0 aromatic rings. The molecule has 0 heterocycles. The van der Waals surface area contributed by atoms with Crippen molar-refractivity contribution >= 4 is 0 Å². The molecule has 0 aliphatic rings. The molecule has 0 saturated heterocycles. The second-order valence-electron chi connectivity index (χ2n) is 4.30. The molecule has 0 spiro atoms. The Morgan fingerprint density at radius 3 is 2.20 bits per heavy atom. The van der Waals surface area contributed by atoms with Crippen molar-refractivity contribution in [2.75, 3.05) is 19.8 Å². The van der Waals surface area contributed by atoms with Crippen LogP contribution in [-0.2, 0) is 9.47 Å². The van der Waals surface area contributed by atoms with E-state index in [1.165, 1.54) is 0 Å². The molecule has 0 aromatic carbocycles. The van der Waals surface area contributed by atoms with Crippen LogP contribution < -0.4 is 11.5 Å². The summed E-state index contributed by atoms with van der Waals surface area (Å²) in [7, 11) is 0.